The van der Waals surface area contributed by atoms with Crippen molar-refractivity contribution in [3.63, 3.8) is 0 Å². The van der Waals surface area contributed by atoms with Crippen molar-refractivity contribution in [2.24, 2.45) is 4.99 Å². The van der Waals surface area contributed by atoms with Crippen LogP contribution in [0.15, 0.2) is 83.9 Å². The summed E-state index contributed by atoms with van der Waals surface area (Å²) in [5.74, 6) is 0.510. The van der Waals surface area contributed by atoms with Gasteiger partial charge in [0.1, 0.15) is 23.4 Å². The van der Waals surface area contributed by atoms with Crippen LogP contribution >= 0.6 is 0 Å². The number of aliphatic imine (C=N–C) groups is 1. The largest absolute Gasteiger partial charge is 0.457 e. The number of hydrogen-bond donors (Lipinski definition) is 3. The fraction of sp³-hybridized carbons (Fsp3) is 0.0870. The van der Waals surface area contributed by atoms with Crippen molar-refractivity contribution in [2.75, 3.05) is 10.6 Å². The van der Waals surface area contributed by atoms with Crippen molar-refractivity contribution in [1.82, 2.24) is 5.32 Å². The zero-order valence-corrected chi connectivity index (χ0v) is 16.3. The Morgan fingerprint density at radius 1 is 0.935 bits per heavy atom. The maximum absolute atomic E-state index is 12.9. The Labute approximate surface area is 178 Å². The van der Waals surface area contributed by atoms with Gasteiger partial charge in [-0.15, -0.1) is 0 Å². The highest BCUT2D eigenvalue weighted by Crippen LogP contribution is 2.23. The highest BCUT2D eigenvalue weighted by atomic mass is 19.1. The van der Waals surface area contributed by atoms with Gasteiger partial charge in [-0.25, -0.2) is 9.38 Å². The van der Waals surface area contributed by atoms with Gasteiger partial charge in [-0.1, -0.05) is 18.2 Å². The van der Waals surface area contributed by atoms with E-state index in [0.29, 0.717) is 17.1 Å². The van der Waals surface area contributed by atoms with Crippen LogP contribution in [0.3, 0.4) is 0 Å². The van der Waals surface area contributed by atoms with E-state index in [0.717, 1.165) is 5.75 Å². The lowest BCUT2D eigenvalue weighted by Crippen LogP contribution is -2.33. The first-order valence-corrected chi connectivity index (χ1v) is 9.59. The summed E-state index contributed by atoms with van der Waals surface area (Å²) >= 11 is 0. The quantitative estimate of drug-likeness (QED) is 0.566. The van der Waals surface area contributed by atoms with Gasteiger partial charge in [-0.3, -0.25) is 14.9 Å². The molecule has 0 saturated carbocycles. The first-order chi connectivity index (χ1) is 15.0. The monoisotopic (exact) mass is 418 g/mol. The molecule has 8 heteroatoms. The van der Waals surface area contributed by atoms with Crippen LogP contribution in [0.1, 0.15) is 6.42 Å². The predicted molar refractivity (Wildman–Crippen MR) is 116 cm³/mol. The van der Waals surface area contributed by atoms with Gasteiger partial charge in [0, 0.05) is 11.4 Å². The molecule has 0 aliphatic carbocycles. The summed E-state index contributed by atoms with van der Waals surface area (Å²) in [4.78, 5) is 28.6. The number of guanidine groups is 1. The molecule has 0 aromatic heterocycles. The van der Waals surface area contributed by atoms with Crippen LogP contribution in [-0.2, 0) is 9.59 Å². The Hall–Kier alpha value is -4.20. The predicted octanol–water partition coefficient (Wildman–Crippen LogP) is 3.91. The molecule has 0 radical (unpaired) electrons. The number of carbonyl (C=O) groups is 2. The third-order valence-corrected chi connectivity index (χ3v) is 4.43. The summed E-state index contributed by atoms with van der Waals surface area (Å²) < 4.78 is 18.7. The molecule has 7 nitrogen and oxygen atoms in total. The van der Waals surface area contributed by atoms with Gasteiger partial charge in [0.25, 0.3) is 5.91 Å². The Kier molecular flexibility index (Phi) is 5.89. The fourth-order valence-electron chi connectivity index (χ4n) is 2.94. The first-order valence-electron chi connectivity index (χ1n) is 9.59. The van der Waals surface area contributed by atoms with Crippen molar-refractivity contribution in [2.45, 2.75) is 12.5 Å². The number of benzene rings is 3. The van der Waals surface area contributed by atoms with Crippen molar-refractivity contribution in [3.8, 4) is 11.5 Å². The number of ether oxygens (including phenoxy) is 1. The molecule has 156 valence electrons. The molecule has 3 aromatic rings. The van der Waals surface area contributed by atoms with E-state index in [2.05, 4.69) is 20.9 Å². The summed E-state index contributed by atoms with van der Waals surface area (Å²) in [6, 6.07) is 21.1. The molecule has 0 fully saturated rings. The normalized spacial score (nSPS) is 15.1. The number of hydrogen-bond acceptors (Lipinski definition) is 5. The minimum atomic E-state index is -0.844. The van der Waals surface area contributed by atoms with Gasteiger partial charge in [-0.2, -0.15) is 0 Å². The Morgan fingerprint density at radius 3 is 2.29 bits per heavy atom. The third kappa shape index (κ3) is 5.45. The fourth-order valence-corrected chi connectivity index (χ4v) is 2.94. The number of rotatable bonds is 6. The second-order valence-electron chi connectivity index (χ2n) is 6.81. The molecule has 0 saturated heterocycles. The van der Waals surface area contributed by atoms with Crippen LogP contribution in [0.5, 0.6) is 11.5 Å². The molecular weight excluding hydrogens is 399 g/mol. The number of amides is 2. The average molecular weight is 418 g/mol. The van der Waals surface area contributed by atoms with E-state index in [9.17, 15) is 14.0 Å². The number of nitrogens with zero attached hydrogens (tertiary/aromatic N) is 1. The van der Waals surface area contributed by atoms with Crippen LogP contribution in [0, 0.1) is 5.82 Å². The topological polar surface area (TPSA) is 91.8 Å². The first kappa shape index (κ1) is 20.1. The van der Waals surface area contributed by atoms with Gasteiger partial charge in [0.15, 0.2) is 0 Å². The van der Waals surface area contributed by atoms with Crippen molar-refractivity contribution in [1.29, 1.82) is 0 Å². The van der Waals surface area contributed by atoms with E-state index in [-0.39, 0.29) is 24.2 Å². The summed E-state index contributed by atoms with van der Waals surface area (Å²) in [7, 11) is 0. The van der Waals surface area contributed by atoms with E-state index in [4.69, 9.17) is 4.74 Å². The minimum Gasteiger partial charge on any atom is -0.457 e. The lowest BCUT2D eigenvalue weighted by molar-refractivity contribution is -0.123. The number of carbonyl (C=O) groups excluding carboxylic acids is 2. The molecule has 0 bridgehead atoms. The van der Waals surface area contributed by atoms with Crippen molar-refractivity contribution < 1.29 is 18.7 Å². The third-order valence-electron chi connectivity index (χ3n) is 4.43. The molecule has 1 atom stereocenters. The Balaban J connectivity index is 1.32. The van der Waals surface area contributed by atoms with Crippen LogP contribution in [0.25, 0.3) is 0 Å². The standard InChI is InChI=1S/C23H19FN4O3/c24-15-6-8-16(9-7-15)25-21(29)14-20-22(30)28-23(27-20)26-17-10-12-19(13-11-17)31-18-4-2-1-3-5-18/h1-13,20H,14H2,(H,25,29)(H2,26,27,28,30)/t20-/m0/s1. The zero-order valence-electron chi connectivity index (χ0n) is 16.3. The average Bonchev–Trinajstić information content (AvgIpc) is 3.10. The number of halogens is 1. The van der Waals surface area contributed by atoms with Crippen molar-refractivity contribution >= 4 is 29.1 Å². The van der Waals surface area contributed by atoms with Crippen LogP contribution < -0.4 is 20.7 Å². The maximum atomic E-state index is 12.9. The van der Waals surface area contributed by atoms with E-state index in [1.54, 1.807) is 24.3 Å². The van der Waals surface area contributed by atoms with Crippen molar-refractivity contribution in [3.05, 3.63) is 84.7 Å². The molecule has 1 aliphatic rings. The lowest BCUT2D eigenvalue weighted by Gasteiger charge is -2.08. The summed E-state index contributed by atoms with van der Waals surface area (Å²) in [5.41, 5.74) is 1.15. The van der Waals surface area contributed by atoms with Gasteiger partial charge in [-0.05, 0) is 60.7 Å². The highest BCUT2D eigenvalue weighted by molar-refractivity contribution is 6.11. The summed E-state index contributed by atoms with van der Waals surface area (Å²) in [6.45, 7) is 0. The Morgan fingerprint density at radius 2 is 1.58 bits per heavy atom. The second kappa shape index (κ2) is 9.08. The van der Waals surface area contributed by atoms with Gasteiger partial charge in [0.2, 0.25) is 11.9 Å². The van der Waals surface area contributed by atoms with Gasteiger partial charge < -0.3 is 15.4 Å². The molecule has 0 unspecified atom stereocenters. The molecule has 3 N–H and O–H groups in total. The van der Waals surface area contributed by atoms with E-state index in [1.165, 1.54) is 24.3 Å². The Bertz CT molecular complexity index is 1100. The molecule has 2 amide bonds. The summed E-state index contributed by atoms with van der Waals surface area (Å²) in [5, 5.41) is 8.25. The van der Waals surface area contributed by atoms with E-state index >= 15 is 0 Å². The van der Waals surface area contributed by atoms with Crippen LogP contribution in [-0.4, -0.2) is 23.8 Å². The van der Waals surface area contributed by atoms with E-state index < -0.39 is 11.9 Å². The zero-order chi connectivity index (χ0) is 21.6. The van der Waals surface area contributed by atoms with Gasteiger partial charge in [0.05, 0.1) is 6.42 Å². The number of anilines is 2. The molecule has 0 spiro atoms. The molecule has 1 heterocycles. The number of para-hydroxylation sites is 1. The second-order valence-corrected chi connectivity index (χ2v) is 6.81. The smallest absolute Gasteiger partial charge is 0.252 e. The number of nitrogens with one attached hydrogen (secondary N) is 3. The molecule has 1 aliphatic heterocycles. The molecular formula is C23H19FN4O3. The lowest BCUT2D eigenvalue weighted by atomic mass is 10.2. The molecule has 3 aromatic carbocycles. The molecule has 31 heavy (non-hydrogen) atoms. The van der Waals surface area contributed by atoms with Crippen LogP contribution in [0.2, 0.25) is 0 Å². The highest BCUT2D eigenvalue weighted by Gasteiger charge is 2.28. The maximum Gasteiger partial charge on any atom is 0.252 e. The van der Waals surface area contributed by atoms with Gasteiger partial charge >= 0.3 is 0 Å². The van der Waals surface area contributed by atoms with Crippen LogP contribution in [0.4, 0.5) is 15.8 Å². The minimum absolute atomic E-state index is 0.127. The van der Waals surface area contributed by atoms with E-state index in [1.807, 2.05) is 30.3 Å². The SMILES string of the molecule is O=C(C[C@@H]1N=C(Nc2ccc(Oc3ccccc3)cc2)NC1=O)Nc1ccc(F)cc1. The molecule has 4 rings (SSSR count). The summed E-state index contributed by atoms with van der Waals surface area (Å²) in [6.07, 6.45) is -0.127.